The first kappa shape index (κ1) is 17.8. The predicted octanol–water partition coefficient (Wildman–Crippen LogP) is 4.19. The van der Waals surface area contributed by atoms with Crippen LogP contribution in [0.5, 0.6) is 5.75 Å². The number of nitrogens with zero attached hydrogens (tertiary/aromatic N) is 1. The Kier molecular flexibility index (Phi) is 6.00. The van der Waals surface area contributed by atoms with E-state index in [0.717, 1.165) is 35.7 Å². The van der Waals surface area contributed by atoms with Gasteiger partial charge in [0.15, 0.2) is 0 Å². The number of carbonyl (C=O) groups excluding carboxylic acids is 1. The van der Waals surface area contributed by atoms with Gasteiger partial charge in [0.1, 0.15) is 5.75 Å². The number of likely N-dealkylation sites (tertiary alicyclic amines) is 1. The fourth-order valence-corrected chi connectivity index (χ4v) is 3.79. The van der Waals surface area contributed by atoms with E-state index >= 15 is 0 Å². The van der Waals surface area contributed by atoms with Gasteiger partial charge in [-0.15, -0.1) is 11.8 Å². The lowest BCUT2D eigenvalue weighted by atomic mass is 10.0. The molecule has 3 rings (SSSR count). The van der Waals surface area contributed by atoms with Gasteiger partial charge in [-0.05, 0) is 61.5 Å². The summed E-state index contributed by atoms with van der Waals surface area (Å²) in [7, 11) is 1.68. The second kappa shape index (κ2) is 8.41. The van der Waals surface area contributed by atoms with Crippen molar-refractivity contribution < 1.29 is 9.53 Å². The molecule has 1 saturated heterocycles. The van der Waals surface area contributed by atoms with E-state index in [2.05, 4.69) is 22.3 Å². The Bertz CT molecular complexity index is 735. The molecule has 1 aliphatic rings. The van der Waals surface area contributed by atoms with E-state index in [1.807, 2.05) is 42.7 Å². The zero-order valence-electron chi connectivity index (χ0n) is 14.7. The number of rotatable bonds is 6. The van der Waals surface area contributed by atoms with Gasteiger partial charge in [0.05, 0.1) is 13.7 Å². The fourth-order valence-electron chi connectivity index (χ4n) is 3.33. The van der Waals surface area contributed by atoms with Crippen LogP contribution in [0.2, 0.25) is 0 Å². The highest BCUT2D eigenvalue weighted by atomic mass is 32.2. The summed E-state index contributed by atoms with van der Waals surface area (Å²) in [5.74, 6) is 0.899. The first-order valence-corrected chi connectivity index (χ1v) is 9.74. The minimum atomic E-state index is 0.0352. The van der Waals surface area contributed by atoms with Crippen LogP contribution in [0, 0.1) is 0 Å². The Morgan fingerprint density at radius 3 is 2.92 bits per heavy atom. The monoisotopic (exact) mass is 356 g/mol. The third-order valence-corrected chi connectivity index (χ3v) is 5.27. The molecule has 25 heavy (non-hydrogen) atoms. The normalized spacial score (nSPS) is 17.4. The molecule has 0 bridgehead atoms. The molecule has 0 aromatic heterocycles. The van der Waals surface area contributed by atoms with Crippen molar-refractivity contribution in [1.29, 1.82) is 0 Å². The van der Waals surface area contributed by atoms with Crippen molar-refractivity contribution in [2.24, 2.45) is 0 Å². The van der Waals surface area contributed by atoms with Crippen LogP contribution in [0.4, 0.5) is 5.69 Å². The Hall–Kier alpha value is -1.98. The Balaban J connectivity index is 1.65. The van der Waals surface area contributed by atoms with Gasteiger partial charge in [0.2, 0.25) is 5.91 Å². The van der Waals surface area contributed by atoms with Gasteiger partial charge in [-0.2, -0.15) is 0 Å². The first-order chi connectivity index (χ1) is 12.2. The van der Waals surface area contributed by atoms with Crippen LogP contribution in [-0.2, 0) is 4.79 Å². The number of carbonyl (C=O) groups is 1. The van der Waals surface area contributed by atoms with Crippen molar-refractivity contribution in [1.82, 2.24) is 4.90 Å². The lowest BCUT2D eigenvalue weighted by molar-refractivity contribution is -0.117. The highest BCUT2D eigenvalue weighted by molar-refractivity contribution is 7.98. The lowest BCUT2D eigenvalue weighted by Crippen LogP contribution is -2.32. The van der Waals surface area contributed by atoms with Gasteiger partial charge < -0.3 is 10.1 Å². The number of hydrogen-bond donors (Lipinski definition) is 1. The maximum atomic E-state index is 12.5. The summed E-state index contributed by atoms with van der Waals surface area (Å²) in [6, 6.07) is 16.4. The minimum absolute atomic E-state index is 0.0352. The molecule has 5 heteroatoms. The maximum Gasteiger partial charge on any atom is 0.238 e. The summed E-state index contributed by atoms with van der Waals surface area (Å²) in [5.41, 5.74) is 2.07. The van der Waals surface area contributed by atoms with Gasteiger partial charge >= 0.3 is 0 Å². The zero-order valence-corrected chi connectivity index (χ0v) is 15.5. The van der Waals surface area contributed by atoms with Crippen molar-refractivity contribution in [3.63, 3.8) is 0 Å². The second-order valence-corrected chi connectivity index (χ2v) is 7.06. The molecular formula is C20H24N2O2S. The SMILES string of the molecule is COc1cccc([C@@H]2CCCN2CC(=O)Nc2cccc(SC)c2)c1. The van der Waals surface area contributed by atoms with Crippen molar-refractivity contribution in [2.75, 3.05) is 31.8 Å². The number of amides is 1. The van der Waals surface area contributed by atoms with Crippen LogP contribution in [0.1, 0.15) is 24.4 Å². The van der Waals surface area contributed by atoms with Crippen LogP contribution >= 0.6 is 11.8 Å². The van der Waals surface area contributed by atoms with E-state index in [-0.39, 0.29) is 11.9 Å². The molecule has 0 aliphatic carbocycles. The average molecular weight is 356 g/mol. The summed E-state index contributed by atoms with van der Waals surface area (Å²) < 4.78 is 5.33. The molecule has 1 N–H and O–H groups in total. The molecule has 0 unspecified atom stereocenters. The molecule has 1 amide bonds. The minimum Gasteiger partial charge on any atom is -0.497 e. The van der Waals surface area contributed by atoms with Gasteiger partial charge in [-0.3, -0.25) is 9.69 Å². The van der Waals surface area contributed by atoms with E-state index in [4.69, 9.17) is 4.74 Å². The summed E-state index contributed by atoms with van der Waals surface area (Å²) in [5, 5.41) is 3.02. The number of anilines is 1. The Morgan fingerprint density at radius 1 is 1.28 bits per heavy atom. The molecule has 0 radical (unpaired) electrons. The van der Waals surface area contributed by atoms with E-state index in [1.165, 1.54) is 5.56 Å². The molecule has 0 spiro atoms. The van der Waals surface area contributed by atoms with E-state index in [1.54, 1.807) is 18.9 Å². The van der Waals surface area contributed by atoms with Crippen molar-refractivity contribution in [3.8, 4) is 5.75 Å². The average Bonchev–Trinajstić information content (AvgIpc) is 3.09. The van der Waals surface area contributed by atoms with Crippen molar-refractivity contribution in [2.45, 2.75) is 23.8 Å². The fraction of sp³-hybridized carbons (Fsp3) is 0.350. The summed E-state index contributed by atoms with van der Waals surface area (Å²) in [6.45, 7) is 1.35. The number of ether oxygens (including phenoxy) is 1. The van der Waals surface area contributed by atoms with E-state index in [9.17, 15) is 4.79 Å². The molecule has 0 saturated carbocycles. The number of thioether (sulfide) groups is 1. The van der Waals surface area contributed by atoms with Crippen molar-refractivity contribution in [3.05, 3.63) is 54.1 Å². The van der Waals surface area contributed by atoms with Crippen molar-refractivity contribution >= 4 is 23.4 Å². The van der Waals surface area contributed by atoms with Gasteiger partial charge in [-0.25, -0.2) is 0 Å². The van der Waals surface area contributed by atoms with Crippen LogP contribution in [0.3, 0.4) is 0 Å². The molecule has 2 aromatic carbocycles. The van der Waals surface area contributed by atoms with E-state index in [0.29, 0.717) is 6.54 Å². The smallest absolute Gasteiger partial charge is 0.238 e. The van der Waals surface area contributed by atoms with Gasteiger partial charge in [-0.1, -0.05) is 18.2 Å². The molecule has 132 valence electrons. The van der Waals surface area contributed by atoms with Crippen LogP contribution in [0.25, 0.3) is 0 Å². The predicted molar refractivity (Wildman–Crippen MR) is 103 cm³/mol. The topological polar surface area (TPSA) is 41.6 Å². The Labute approximate surface area is 153 Å². The third-order valence-electron chi connectivity index (χ3n) is 4.54. The zero-order chi connectivity index (χ0) is 17.6. The number of nitrogens with one attached hydrogen (secondary N) is 1. The largest absolute Gasteiger partial charge is 0.497 e. The first-order valence-electron chi connectivity index (χ1n) is 8.51. The highest BCUT2D eigenvalue weighted by Gasteiger charge is 2.27. The number of methoxy groups -OCH3 is 1. The van der Waals surface area contributed by atoms with Gasteiger partial charge in [0.25, 0.3) is 0 Å². The second-order valence-electron chi connectivity index (χ2n) is 6.19. The molecule has 1 atom stereocenters. The highest BCUT2D eigenvalue weighted by Crippen LogP contribution is 2.33. The van der Waals surface area contributed by atoms with Crippen LogP contribution < -0.4 is 10.1 Å². The molecule has 1 aliphatic heterocycles. The lowest BCUT2D eigenvalue weighted by Gasteiger charge is -2.24. The van der Waals surface area contributed by atoms with Crippen LogP contribution in [-0.4, -0.2) is 37.3 Å². The van der Waals surface area contributed by atoms with Crippen LogP contribution in [0.15, 0.2) is 53.4 Å². The number of benzene rings is 2. The quantitative estimate of drug-likeness (QED) is 0.788. The summed E-state index contributed by atoms with van der Waals surface area (Å²) in [6.07, 6.45) is 4.21. The third kappa shape index (κ3) is 4.55. The summed E-state index contributed by atoms with van der Waals surface area (Å²) in [4.78, 5) is 15.9. The van der Waals surface area contributed by atoms with E-state index < -0.39 is 0 Å². The molecule has 1 heterocycles. The molecule has 2 aromatic rings. The Morgan fingerprint density at radius 2 is 2.12 bits per heavy atom. The standard InChI is InChI=1S/C20H24N2O2S/c1-24-17-8-3-6-15(12-17)19-10-5-11-22(19)14-20(23)21-16-7-4-9-18(13-16)25-2/h3-4,6-9,12-13,19H,5,10-11,14H2,1-2H3,(H,21,23)/t19-/m0/s1. The maximum absolute atomic E-state index is 12.5. The summed E-state index contributed by atoms with van der Waals surface area (Å²) >= 11 is 1.67. The molecular weight excluding hydrogens is 332 g/mol. The molecule has 4 nitrogen and oxygen atoms in total. The van der Waals surface area contributed by atoms with Gasteiger partial charge in [0, 0.05) is 16.6 Å². The number of hydrogen-bond acceptors (Lipinski definition) is 4. The molecule has 1 fully saturated rings.